The van der Waals surface area contributed by atoms with Gasteiger partial charge in [-0.3, -0.25) is 0 Å². The number of benzene rings is 2. The topological polar surface area (TPSA) is 55.3 Å². The van der Waals surface area contributed by atoms with Crippen LogP contribution in [0.5, 0.6) is 0 Å². The van der Waals surface area contributed by atoms with E-state index in [2.05, 4.69) is 36.2 Å². The molecular formula is C18H23N3S. The molecule has 0 radical (unpaired) electrons. The van der Waals surface area contributed by atoms with Gasteiger partial charge in [0.2, 0.25) is 0 Å². The number of likely N-dealkylation sites (tertiary alicyclic amines) is 1. The fourth-order valence-corrected chi connectivity index (χ4v) is 3.77. The summed E-state index contributed by atoms with van der Waals surface area (Å²) in [4.78, 5) is 4.77. The van der Waals surface area contributed by atoms with Crippen LogP contribution in [0.25, 0.3) is 0 Å². The van der Waals surface area contributed by atoms with Crippen LogP contribution in [-0.2, 0) is 0 Å². The van der Waals surface area contributed by atoms with Crippen molar-refractivity contribution < 1.29 is 0 Å². The number of nitrogen functional groups attached to an aromatic ring is 2. The molecule has 1 heterocycles. The Balaban J connectivity index is 1.67. The van der Waals surface area contributed by atoms with Gasteiger partial charge >= 0.3 is 0 Å². The maximum atomic E-state index is 5.86. The van der Waals surface area contributed by atoms with Crippen molar-refractivity contribution in [2.24, 2.45) is 0 Å². The molecule has 1 aliphatic heterocycles. The van der Waals surface area contributed by atoms with Crippen molar-refractivity contribution in [3.8, 4) is 0 Å². The lowest BCUT2D eigenvalue weighted by Crippen LogP contribution is -2.29. The van der Waals surface area contributed by atoms with Crippen molar-refractivity contribution in [3.63, 3.8) is 0 Å². The zero-order chi connectivity index (χ0) is 15.5. The average molecular weight is 313 g/mol. The van der Waals surface area contributed by atoms with Crippen LogP contribution < -0.4 is 11.5 Å². The minimum atomic E-state index is 0.641. The van der Waals surface area contributed by atoms with E-state index in [0.29, 0.717) is 17.3 Å². The predicted octanol–water partition coefficient (Wildman–Crippen LogP) is 3.81. The highest BCUT2D eigenvalue weighted by molar-refractivity contribution is 7.99. The second kappa shape index (κ2) is 6.63. The van der Waals surface area contributed by atoms with E-state index in [9.17, 15) is 0 Å². The fraction of sp³-hybridized carbons (Fsp3) is 0.333. The molecule has 3 rings (SSSR count). The summed E-state index contributed by atoms with van der Waals surface area (Å²) < 4.78 is 0. The van der Waals surface area contributed by atoms with Crippen LogP contribution in [0.15, 0.2) is 52.3 Å². The number of hydrogen-bond donors (Lipinski definition) is 2. The molecule has 0 bridgehead atoms. The number of nitrogens with two attached hydrogens (primary N) is 2. The minimum Gasteiger partial charge on any atom is -0.397 e. The lowest BCUT2D eigenvalue weighted by atomic mass is 9.90. The summed E-state index contributed by atoms with van der Waals surface area (Å²) in [6.07, 6.45) is 2.52. The van der Waals surface area contributed by atoms with Crippen molar-refractivity contribution in [1.29, 1.82) is 0 Å². The third-order valence-electron chi connectivity index (χ3n) is 4.36. The third-order valence-corrected chi connectivity index (χ3v) is 5.36. The summed E-state index contributed by atoms with van der Waals surface area (Å²) in [5.41, 5.74) is 14.4. The summed E-state index contributed by atoms with van der Waals surface area (Å²) >= 11 is 1.72. The molecule has 4 heteroatoms. The van der Waals surface area contributed by atoms with Crippen molar-refractivity contribution >= 4 is 23.1 Å². The number of rotatable bonds is 3. The van der Waals surface area contributed by atoms with E-state index < -0.39 is 0 Å². The highest BCUT2D eigenvalue weighted by Crippen LogP contribution is 2.33. The third kappa shape index (κ3) is 3.57. The first-order chi connectivity index (χ1) is 10.6. The SMILES string of the molecule is CN1CCC(c2ccc(Sc3ccc(N)c(N)c3)cc2)CC1. The molecule has 0 aromatic heterocycles. The molecule has 1 saturated heterocycles. The van der Waals surface area contributed by atoms with Gasteiger partial charge in [0, 0.05) is 9.79 Å². The van der Waals surface area contributed by atoms with Crippen LogP contribution >= 0.6 is 11.8 Å². The molecular weight excluding hydrogens is 290 g/mol. The van der Waals surface area contributed by atoms with E-state index >= 15 is 0 Å². The van der Waals surface area contributed by atoms with Gasteiger partial charge in [-0.1, -0.05) is 23.9 Å². The van der Waals surface area contributed by atoms with Crippen LogP contribution in [0.3, 0.4) is 0 Å². The standard InChI is InChI=1S/C18H23N3S/c1-21-10-8-14(9-11-21)13-2-4-15(5-3-13)22-16-6-7-17(19)18(20)12-16/h2-7,12,14H,8-11,19-20H2,1H3. The number of anilines is 2. The second-order valence-electron chi connectivity index (χ2n) is 6.04. The average Bonchev–Trinajstić information content (AvgIpc) is 2.53. The van der Waals surface area contributed by atoms with Crippen molar-refractivity contribution in [3.05, 3.63) is 48.0 Å². The Labute approximate surface area is 136 Å². The molecule has 0 saturated carbocycles. The van der Waals surface area contributed by atoms with Crippen LogP contribution in [0.4, 0.5) is 11.4 Å². The molecule has 1 fully saturated rings. The van der Waals surface area contributed by atoms with E-state index in [1.807, 2.05) is 18.2 Å². The van der Waals surface area contributed by atoms with Crippen LogP contribution in [0.2, 0.25) is 0 Å². The Morgan fingerprint density at radius 2 is 1.55 bits per heavy atom. The van der Waals surface area contributed by atoms with Gasteiger partial charge in [0.25, 0.3) is 0 Å². The molecule has 116 valence electrons. The Bertz CT molecular complexity index is 631. The summed E-state index contributed by atoms with van der Waals surface area (Å²) in [5.74, 6) is 0.711. The van der Waals surface area contributed by atoms with E-state index in [1.54, 1.807) is 11.8 Å². The first-order valence-electron chi connectivity index (χ1n) is 7.73. The van der Waals surface area contributed by atoms with Gasteiger partial charge in [-0.25, -0.2) is 0 Å². The quantitative estimate of drug-likeness (QED) is 0.846. The first kappa shape index (κ1) is 15.3. The van der Waals surface area contributed by atoms with Gasteiger partial charge in [0.15, 0.2) is 0 Å². The molecule has 0 spiro atoms. The van der Waals surface area contributed by atoms with E-state index in [1.165, 1.54) is 36.4 Å². The van der Waals surface area contributed by atoms with Gasteiger partial charge in [0.05, 0.1) is 11.4 Å². The Kier molecular flexibility index (Phi) is 4.60. The molecule has 4 N–H and O–H groups in total. The second-order valence-corrected chi connectivity index (χ2v) is 7.19. The zero-order valence-electron chi connectivity index (χ0n) is 13.0. The number of nitrogens with zero attached hydrogens (tertiary/aromatic N) is 1. The van der Waals surface area contributed by atoms with Gasteiger partial charge in [0.1, 0.15) is 0 Å². The molecule has 2 aromatic rings. The minimum absolute atomic E-state index is 0.641. The van der Waals surface area contributed by atoms with Crippen LogP contribution in [-0.4, -0.2) is 25.0 Å². The molecule has 0 unspecified atom stereocenters. The highest BCUT2D eigenvalue weighted by atomic mass is 32.2. The molecule has 2 aromatic carbocycles. The molecule has 0 amide bonds. The lowest BCUT2D eigenvalue weighted by molar-refractivity contribution is 0.255. The summed E-state index contributed by atoms with van der Waals surface area (Å²) in [7, 11) is 2.20. The number of piperidine rings is 1. The summed E-state index contributed by atoms with van der Waals surface area (Å²) in [5, 5.41) is 0. The van der Waals surface area contributed by atoms with Gasteiger partial charge in [-0.05, 0) is 74.8 Å². The monoisotopic (exact) mass is 313 g/mol. The smallest absolute Gasteiger partial charge is 0.0559 e. The first-order valence-corrected chi connectivity index (χ1v) is 8.55. The van der Waals surface area contributed by atoms with Crippen LogP contribution in [0.1, 0.15) is 24.3 Å². The lowest BCUT2D eigenvalue weighted by Gasteiger charge is -2.29. The Hall–Kier alpha value is -1.65. The molecule has 22 heavy (non-hydrogen) atoms. The van der Waals surface area contributed by atoms with Gasteiger partial charge < -0.3 is 16.4 Å². The zero-order valence-corrected chi connectivity index (χ0v) is 13.8. The molecule has 1 aliphatic rings. The number of hydrogen-bond acceptors (Lipinski definition) is 4. The predicted molar refractivity (Wildman–Crippen MR) is 95.3 cm³/mol. The van der Waals surface area contributed by atoms with Gasteiger partial charge in [-0.2, -0.15) is 0 Å². The maximum Gasteiger partial charge on any atom is 0.0559 e. The van der Waals surface area contributed by atoms with E-state index in [0.717, 1.165) is 4.90 Å². The Morgan fingerprint density at radius 1 is 0.909 bits per heavy atom. The molecule has 0 aliphatic carbocycles. The van der Waals surface area contributed by atoms with Crippen molar-refractivity contribution in [2.75, 3.05) is 31.6 Å². The maximum absolute atomic E-state index is 5.86. The fourth-order valence-electron chi connectivity index (χ4n) is 2.90. The molecule has 0 atom stereocenters. The summed E-state index contributed by atoms with van der Waals surface area (Å²) in [6.45, 7) is 2.40. The largest absolute Gasteiger partial charge is 0.397 e. The highest BCUT2D eigenvalue weighted by Gasteiger charge is 2.18. The van der Waals surface area contributed by atoms with E-state index in [4.69, 9.17) is 11.5 Å². The molecule has 3 nitrogen and oxygen atoms in total. The summed E-state index contributed by atoms with van der Waals surface area (Å²) in [6, 6.07) is 14.8. The normalized spacial score (nSPS) is 16.8. The van der Waals surface area contributed by atoms with Crippen LogP contribution in [0, 0.1) is 0 Å². The van der Waals surface area contributed by atoms with Crippen molar-refractivity contribution in [2.45, 2.75) is 28.6 Å². The van der Waals surface area contributed by atoms with Gasteiger partial charge in [-0.15, -0.1) is 0 Å². The van der Waals surface area contributed by atoms with Crippen molar-refractivity contribution in [1.82, 2.24) is 4.90 Å². The van der Waals surface area contributed by atoms with E-state index in [-0.39, 0.29) is 0 Å². The Morgan fingerprint density at radius 3 is 2.18 bits per heavy atom.